The molecule has 3 N–H and O–H groups in total. The van der Waals surface area contributed by atoms with Crippen molar-refractivity contribution in [1.29, 1.82) is 0 Å². The summed E-state index contributed by atoms with van der Waals surface area (Å²) in [4.78, 5) is 24.5. The summed E-state index contributed by atoms with van der Waals surface area (Å²) < 4.78 is 0. The Kier molecular flexibility index (Phi) is 5.39. The van der Waals surface area contributed by atoms with Gasteiger partial charge >= 0.3 is 12.0 Å². The standard InChI is InChI=1S/C14H26N2O4/c1-13(2,7-5-11(17)18)15-12(19)16-9-4-6-14(3,20)8-10-16/h20H,4-10H2,1-3H3,(H,15,19)(H,17,18). The van der Waals surface area contributed by atoms with Gasteiger partial charge in [-0.1, -0.05) is 0 Å². The van der Waals surface area contributed by atoms with Crippen LogP contribution in [0.5, 0.6) is 0 Å². The van der Waals surface area contributed by atoms with Crippen LogP contribution in [0.25, 0.3) is 0 Å². The van der Waals surface area contributed by atoms with Crippen molar-refractivity contribution in [2.24, 2.45) is 0 Å². The highest BCUT2D eigenvalue weighted by Crippen LogP contribution is 2.22. The number of aliphatic carboxylic acids is 1. The molecule has 0 aromatic heterocycles. The average molecular weight is 286 g/mol. The molecule has 2 amide bonds. The zero-order valence-corrected chi connectivity index (χ0v) is 12.6. The number of rotatable bonds is 4. The van der Waals surface area contributed by atoms with Gasteiger partial charge in [-0.05, 0) is 46.5 Å². The molecule has 1 aliphatic heterocycles. The van der Waals surface area contributed by atoms with Crippen molar-refractivity contribution in [1.82, 2.24) is 10.2 Å². The van der Waals surface area contributed by atoms with Gasteiger partial charge in [-0.15, -0.1) is 0 Å². The zero-order valence-electron chi connectivity index (χ0n) is 12.6. The number of amides is 2. The predicted octanol–water partition coefficient (Wildman–Crippen LogP) is 1.58. The maximum Gasteiger partial charge on any atom is 0.317 e. The molecule has 0 spiro atoms. The number of carboxylic acid groups (broad SMARTS) is 1. The molecule has 1 saturated heterocycles. The van der Waals surface area contributed by atoms with Gasteiger partial charge in [0, 0.05) is 25.0 Å². The van der Waals surface area contributed by atoms with Gasteiger partial charge in [0.05, 0.1) is 5.60 Å². The number of nitrogens with zero attached hydrogens (tertiary/aromatic N) is 1. The number of nitrogens with one attached hydrogen (secondary N) is 1. The van der Waals surface area contributed by atoms with Crippen LogP contribution in [0.3, 0.4) is 0 Å². The molecule has 0 radical (unpaired) electrons. The molecule has 1 fully saturated rings. The van der Waals surface area contributed by atoms with E-state index in [1.807, 2.05) is 13.8 Å². The highest BCUT2D eigenvalue weighted by atomic mass is 16.4. The molecule has 0 aromatic carbocycles. The Morgan fingerprint density at radius 2 is 1.95 bits per heavy atom. The number of carbonyl (C=O) groups is 2. The minimum atomic E-state index is -0.863. The molecule has 6 heteroatoms. The third-order valence-electron chi connectivity index (χ3n) is 3.76. The summed E-state index contributed by atoms with van der Waals surface area (Å²) in [5.74, 6) is -0.863. The first-order valence-corrected chi connectivity index (χ1v) is 7.13. The number of carboxylic acids is 1. The second-order valence-electron chi connectivity index (χ2n) is 6.55. The summed E-state index contributed by atoms with van der Waals surface area (Å²) in [6, 6.07) is -0.182. The Bertz CT molecular complexity index is 366. The Morgan fingerprint density at radius 3 is 2.55 bits per heavy atom. The van der Waals surface area contributed by atoms with E-state index in [0.717, 1.165) is 6.42 Å². The molecule has 1 rings (SSSR count). The smallest absolute Gasteiger partial charge is 0.317 e. The fourth-order valence-corrected chi connectivity index (χ4v) is 2.32. The summed E-state index contributed by atoms with van der Waals surface area (Å²) in [5, 5.41) is 21.6. The van der Waals surface area contributed by atoms with Gasteiger partial charge in [0.25, 0.3) is 0 Å². The van der Waals surface area contributed by atoms with Crippen molar-refractivity contribution in [2.45, 2.75) is 64.0 Å². The molecule has 116 valence electrons. The molecule has 1 atom stereocenters. The van der Waals surface area contributed by atoms with E-state index in [0.29, 0.717) is 32.4 Å². The molecule has 0 aliphatic carbocycles. The first kappa shape index (κ1) is 16.8. The van der Waals surface area contributed by atoms with E-state index in [4.69, 9.17) is 5.11 Å². The van der Waals surface area contributed by atoms with Crippen molar-refractivity contribution < 1.29 is 19.8 Å². The van der Waals surface area contributed by atoms with Gasteiger partial charge in [0.2, 0.25) is 0 Å². The maximum absolute atomic E-state index is 12.2. The molecule has 0 saturated carbocycles. The molecule has 20 heavy (non-hydrogen) atoms. The quantitative estimate of drug-likeness (QED) is 0.732. The monoisotopic (exact) mass is 286 g/mol. The van der Waals surface area contributed by atoms with Crippen LogP contribution in [-0.4, -0.2) is 51.3 Å². The highest BCUT2D eigenvalue weighted by molar-refractivity contribution is 5.75. The lowest BCUT2D eigenvalue weighted by Gasteiger charge is -2.30. The third kappa shape index (κ3) is 5.77. The van der Waals surface area contributed by atoms with Gasteiger partial charge in [0.1, 0.15) is 0 Å². The molecule has 6 nitrogen and oxygen atoms in total. The van der Waals surface area contributed by atoms with E-state index < -0.39 is 17.1 Å². The van der Waals surface area contributed by atoms with Gasteiger partial charge in [-0.25, -0.2) is 4.79 Å². The minimum Gasteiger partial charge on any atom is -0.481 e. The van der Waals surface area contributed by atoms with Crippen LogP contribution in [0, 0.1) is 0 Å². The van der Waals surface area contributed by atoms with E-state index >= 15 is 0 Å². The summed E-state index contributed by atoms with van der Waals surface area (Å²) >= 11 is 0. The van der Waals surface area contributed by atoms with Crippen LogP contribution in [0.4, 0.5) is 4.79 Å². The van der Waals surface area contributed by atoms with Crippen LogP contribution in [-0.2, 0) is 4.79 Å². The summed E-state index contributed by atoms with van der Waals surface area (Å²) in [7, 11) is 0. The summed E-state index contributed by atoms with van der Waals surface area (Å²) in [6.07, 6.45) is 2.45. The van der Waals surface area contributed by atoms with Crippen LogP contribution in [0.1, 0.15) is 52.9 Å². The SMILES string of the molecule is CC1(O)CCCN(C(=O)NC(C)(C)CCC(=O)O)CC1. The van der Waals surface area contributed by atoms with E-state index in [2.05, 4.69) is 5.32 Å². The van der Waals surface area contributed by atoms with Gasteiger partial charge in [-0.3, -0.25) is 4.79 Å². The van der Waals surface area contributed by atoms with E-state index in [1.165, 1.54) is 0 Å². The second kappa shape index (κ2) is 6.43. The van der Waals surface area contributed by atoms with E-state index in [1.54, 1.807) is 11.8 Å². The predicted molar refractivity (Wildman–Crippen MR) is 75.5 cm³/mol. The van der Waals surface area contributed by atoms with Crippen molar-refractivity contribution >= 4 is 12.0 Å². The van der Waals surface area contributed by atoms with Crippen molar-refractivity contribution in [3.63, 3.8) is 0 Å². The van der Waals surface area contributed by atoms with Gasteiger partial charge in [-0.2, -0.15) is 0 Å². The molecule has 0 bridgehead atoms. The first-order chi connectivity index (χ1) is 9.11. The fourth-order valence-electron chi connectivity index (χ4n) is 2.32. The lowest BCUT2D eigenvalue weighted by Crippen LogP contribution is -2.50. The molecule has 1 heterocycles. The Morgan fingerprint density at radius 1 is 1.30 bits per heavy atom. The topological polar surface area (TPSA) is 89.9 Å². The zero-order chi connectivity index (χ0) is 15.4. The normalized spacial score (nSPS) is 24.1. The van der Waals surface area contributed by atoms with Crippen LogP contribution in [0.2, 0.25) is 0 Å². The lowest BCUT2D eigenvalue weighted by molar-refractivity contribution is -0.137. The van der Waals surface area contributed by atoms with Crippen LogP contribution < -0.4 is 5.32 Å². The first-order valence-electron chi connectivity index (χ1n) is 7.13. The van der Waals surface area contributed by atoms with Gasteiger partial charge in [0.15, 0.2) is 0 Å². The number of aliphatic hydroxyl groups is 1. The minimum absolute atomic E-state index is 0.0298. The number of likely N-dealkylation sites (tertiary alicyclic amines) is 1. The van der Waals surface area contributed by atoms with Crippen LogP contribution >= 0.6 is 0 Å². The number of hydrogen-bond acceptors (Lipinski definition) is 3. The maximum atomic E-state index is 12.2. The Hall–Kier alpha value is -1.30. The summed E-state index contributed by atoms with van der Waals surface area (Å²) in [5.41, 5.74) is -1.25. The van der Waals surface area contributed by atoms with Gasteiger partial charge < -0.3 is 20.4 Å². The van der Waals surface area contributed by atoms with E-state index in [-0.39, 0.29) is 12.5 Å². The number of hydrogen-bond donors (Lipinski definition) is 3. The average Bonchev–Trinajstić information content (AvgIpc) is 2.47. The molecular weight excluding hydrogens is 260 g/mol. The second-order valence-corrected chi connectivity index (χ2v) is 6.55. The Balaban J connectivity index is 2.51. The molecule has 1 aliphatic rings. The molecular formula is C14H26N2O4. The Labute approximate surface area is 120 Å². The molecule has 1 unspecified atom stereocenters. The number of urea groups is 1. The molecule has 0 aromatic rings. The highest BCUT2D eigenvalue weighted by Gasteiger charge is 2.29. The fraction of sp³-hybridized carbons (Fsp3) is 0.857. The van der Waals surface area contributed by atoms with E-state index in [9.17, 15) is 14.7 Å². The lowest BCUT2D eigenvalue weighted by atomic mass is 9.98. The largest absolute Gasteiger partial charge is 0.481 e. The number of carbonyl (C=O) groups excluding carboxylic acids is 1. The summed E-state index contributed by atoms with van der Waals surface area (Å²) in [6.45, 7) is 6.58. The van der Waals surface area contributed by atoms with Crippen molar-refractivity contribution in [2.75, 3.05) is 13.1 Å². The van der Waals surface area contributed by atoms with Crippen LogP contribution in [0.15, 0.2) is 0 Å². The van der Waals surface area contributed by atoms with Crippen molar-refractivity contribution in [3.05, 3.63) is 0 Å². The van der Waals surface area contributed by atoms with Crippen molar-refractivity contribution in [3.8, 4) is 0 Å². The third-order valence-corrected chi connectivity index (χ3v) is 3.76.